The number of thiophene rings is 1. The number of fused-ring (bicyclic) bond motifs is 1. The van der Waals surface area contributed by atoms with E-state index in [4.69, 9.17) is 5.73 Å². The highest BCUT2D eigenvalue weighted by Crippen LogP contribution is 2.20. The van der Waals surface area contributed by atoms with E-state index in [1.807, 2.05) is 23.6 Å². The van der Waals surface area contributed by atoms with Gasteiger partial charge in [0.1, 0.15) is 0 Å². The number of rotatable bonds is 4. The van der Waals surface area contributed by atoms with Gasteiger partial charge in [0.2, 0.25) is 0 Å². The van der Waals surface area contributed by atoms with E-state index in [1.54, 1.807) is 17.5 Å². The van der Waals surface area contributed by atoms with E-state index < -0.39 is 0 Å². The average Bonchev–Trinajstić information content (AvgIpc) is 3.07. The van der Waals surface area contributed by atoms with Gasteiger partial charge >= 0.3 is 0 Å². The topological polar surface area (TPSA) is 70.9 Å². The summed E-state index contributed by atoms with van der Waals surface area (Å²) in [5.41, 5.74) is 9.23. The first kappa shape index (κ1) is 12.7. The first-order chi connectivity index (χ1) is 9.74. The smallest absolute Gasteiger partial charge is 0.253 e. The van der Waals surface area contributed by atoms with E-state index in [1.165, 1.54) is 5.56 Å². The number of aromatic nitrogens is 1. The molecule has 0 aliphatic rings. The number of nitrogen functional groups attached to an aromatic ring is 1. The van der Waals surface area contributed by atoms with Crippen LogP contribution < -0.4 is 11.1 Å². The van der Waals surface area contributed by atoms with Gasteiger partial charge in [-0.3, -0.25) is 4.79 Å². The molecule has 0 saturated carbocycles. The molecule has 1 amide bonds. The molecule has 0 bridgehead atoms. The fourth-order valence-corrected chi connectivity index (χ4v) is 2.88. The Kier molecular flexibility index (Phi) is 3.43. The maximum absolute atomic E-state index is 12.2. The Hall–Kier alpha value is -2.27. The van der Waals surface area contributed by atoms with Gasteiger partial charge in [0.15, 0.2) is 0 Å². The van der Waals surface area contributed by atoms with E-state index in [-0.39, 0.29) is 5.91 Å². The lowest BCUT2D eigenvalue weighted by Crippen LogP contribution is -2.25. The lowest BCUT2D eigenvalue weighted by atomic mass is 10.1. The Balaban J connectivity index is 1.70. The van der Waals surface area contributed by atoms with Crippen molar-refractivity contribution in [3.63, 3.8) is 0 Å². The van der Waals surface area contributed by atoms with Gasteiger partial charge in [-0.15, -0.1) is 0 Å². The molecule has 3 aromatic rings. The standard InChI is InChI=1S/C15H15N3OS/c16-11-1-2-14-12(7-11)13(8-18-14)15(19)17-5-3-10-4-6-20-9-10/h1-2,4,6-9,18H,3,5,16H2,(H,17,19). The van der Waals surface area contributed by atoms with Gasteiger partial charge in [0.05, 0.1) is 5.56 Å². The van der Waals surface area contributed by atoms with Gasteiger partial charge < -0.3 is 16.0 Å². The molecule has 2 heterocycles. The highest BCUT2D eigenvalue weighted by molar-refractivity contribution is 7.07. The number of carbonyl (C=O) groups is 1. The first-order valence-corrected chi connectivity index (χ1v) is 7.34. The van der Waals surface area contributed by atoms with Gasteiger partial charge in [-0.2, -0.15) is 11.3 Å². The molecule has 0 aliphatic carbocycles. The predicted octanol–water partition coefficient (Wildman–Crippen LogP) is 2.78. The molecule has 102 valence electrons. The Labute approximate surface area is 120 Å². The third kappa shape index (κ3) is 2.53. The molecule has 4 nitrogen and oxygen atoms in total. The lowest BCUT2D eigenvalue weighted by molar-refractivity contribution is 0.0956. The van der Waals surface area contributed by atoms with Crippen LogP contribution in [0.3, 0.4) is 0 Å². The van der Waals surface area contributed by atoms with E-state index >= 15 is 0 Å². The van der Waals surface area contributed by atoms with Crippen molar-refractivity contribution >= 4 is 33.8 Å². The normalized spacial score (nSPS) is 10.8. The van der Waals surface area contributed by atoms with Crippen LogP contribution in [0.25, 0.3) is 10.9 Å². The Morgan fingerprint density at radius 1 is 1.35 bits per heavy atom. The Morgan fingerprint density at radius 3 is 3.05 bits per heavy atom. The molecule has 0 radical (unpaired) electrons. The molecular weight excluding hydrogens is 270 g/mol. The van der Waals surface area contributed by atoms with Gasteiger partial charge in [-0.25, -0.2) is 0 Å². The van der Waals surface area contributed by atoms with Gasteiger partial charge in [0, 0.05) is 29.3 Å². The average molecular weight is 285 g/mol. The number of nitrogens with two attached hydrogens (primary N) is 1. The number of aromatic amines is 1. The molecule has 2 aromatic heterocycles. The van der Waals surface area contributed by atoms with Crippen LogP contribution in [0.5, 0.6) is 0 Å². The van der Waals surface area contributed by atoms with E-state index in [9.17, 15) is 4.79 Å². The SMILES string of the molecule is Nc1ccc2[nH]cc(C(=O)NCCc3ccsc3)c2c1. The van der Waals surface area contributed by atoms with Crippen molar-refractivity contribution in [3.05, 3.63) is 52.3 Å². The maximum atomic E-state index is 12.2. The lowest BCUT2D eigenvalue weighted by Gasteiger charge is -2.03. The zero-order chi connectivity index (χ0) is 13.9. The number of hydrogen-bond acceptors (Lipinski definition) is 3. The van der Waals surface area contributed by atoms with Crippen LogP contribution in [-0.4, -0.2) is 17.4 Å². The number of benzene rings is 1. The molecule has 0 spiro atoms. The fraction of sp³-hybridized carbons (Fsp3) is 0.133. The summed E-state index contributed by atoms with van der Waals surface area (Å²) >= 11 is 1.67. The van der Waals surface area contributed by atoms with Crippen molar-refractivity contribution in [1.82, 2.24) is 10.3 Å². The third-order valence-corrected chi connectivity index (χ3v) is 3.96. The summed E-state index contributed by atoms with van der Waals surface area (Å²) in [6, 6.07) is 7.59. The van der Waals surface area contributed by atoms with Gasteiger partial charge in [0.25, 0.3) is 5.91 Å². The molecule has 3 rings (SSSR count). The molecular formula is C15H15N3OS. The van der Waals surface area contributed by atoms with Crippen molar-refractivity contribution in [2.45, 2.75) is 6.42 Å². The number of nitrogens with one attached hydrogen (secondary N) is 2. The fourth-order valence-electron chi connectivity index (χ4n) is 2.18. The van der Waals surface area contributed by atoms with Crippen molar-refractivity contribution < 1.29 is 4.79 Å². The summed E-state index contributed by atoms with van der Waals surface area (Å²) in [5.74, 6) is -0.0721. The van der Waals surface area contributed by atoms with Crippen LogP contribution in [-0.2, 0) is 6.42 Å². The summed E-state index contributed by atoms with van der Waals surface area (Å²) in [6.45, 7) is 0.630. The second-order valence-corrected chi connectivity index (χ2v) is 5.42. The first-order valence-electron chi connectivity index (χ1n) is 6.40. The van der Waals surface area contributed by atoms with Crippen LogP contribution in [0.4, 0.5) is 5.69 Å². The molecule has 4 N–H and O–H groups in total. The Morgan fingerprint density at radius 2 is 2.25 bits per heavy atom. The monoisotopic (exact) mass is 285 g/mol. The van der Waals surface area contributed by atoms with Crippen LogP contribution in [0, 0.1) is 0 Å². The molecule has 0 fully saturated rings. The quantitative estimate of drug-likeness (QED) is 0.645. The summed E-state index contributed by atoms with van der Waals surface area (Å²) < 4.78 is 0. The van der Waals surface area contributed by atoms with Gasteiger partial charge in [-0.1, -0.05) is 0 Å². The van der Waals surface area contributed by atoms with Crippen molar-refractivity contribution in [1.29, 1.82) is 0 Å². The third-order valence-electron chi connectivity index (χ3n) is 3.23. The molecule has 0 unspecified atom stereocenters. The molecule has 5 heteroatoms. The van der Waals surface area contributed by atoms with E-state index in [2.05, 4.69) is 21.7 Å². The highest BCUT2D eigenvalue weighted by Gasteiger charge is 2.11. The minimum absolute atomic E-state index is 0.0721. The molecule has 20 heavy (non-hydrogen) atoms. The van der Waals surface area contributed by atoms with Crippen molar-refractivity contribution in [2.75, 3.05) is 12.3 Å². The van der Waals surface area contributed by atoms with Crippen LogP contribution >= 0.6 is 11.3 Å². The number of carbonyl (C=O) groups excluding carboxylic acids is 1. The maximum Gasteiger partial charge on any atom is 0.253 e. The van der Waals surface area contributed by atoms with E-state index in [0.717, 1.165) is 17.3 Å². The van der Waals surface area contributed by atoms with Crippen LogP contribution in [0.2, 0.25) is 0 Å². The summed E-state index contributed by atoms with van der Waals surface area (Å²) in [4.78, 5) is 15.3. The van der Waals surface area contributed by atoms with E-state index in [0.29, 0.717) is 17.8 Å². The number of H-pyrrole nitrogens is 1. The second kappa shape index (κ2) is 5.38. The molecule has 0 atom stereocenters. The highest BCUT2D eigenvalue weighted by atomic mass is 32.1. The number of anilines is 1. The van der Waals surface area contributed by atoms with Crippen molar-refractivity contribution in [3.8, 4) is 0 Å². The van der Waals surface area contributed by atoms with Crippen LogP contribution in [0.15, 0.2) is 41.2 Å². The molecule has 0 saturated heterocycles. The number of hydrogen-bond donors (Lipinski definition) is 3. The minimum Gasteiger partial charge on any atom is -0.399 e. The number of amides is 1. The molecule has 1 aromatic carbocycles. The second-order valence-electron chi connectivity index (χ2n) is 4.64. The summed E-state index contributed by atoms with van der Waals surface area (Å²) in [7, 11) is 0. The van der Waals surface area contributed by atoms with Gasteiger partial charge in [-0.05, 0) is 47.0 Å². The molecule has 0 aliphatic heterocycles. The minimum atomic E-state index is -0.0721. The summed E-state index contributed by atoms with van der Waals surface area (Å²) in [6.07, 6.45) is 2.57. The largest absolute Gasteiger partial charge is 0.399 e. The Bertz CT molecular complexity index is 731. The van der Waals surface area contributed by atoms with Crippen molar-refractivity contribution in [2.24, 2.45) is 0 Å². The summed E-state index contributed by atoms with van der Waals surface area (Å²) in [5, 5.41) is 7.94. The zero-order valence-electron chi connectivity index (χ0n) is 10.8. The van der Waals surface area contributed by atoms with Crippen LogP contribution in [0.1, 0.15) is 15.9 Å². The zero-order valence-corrected chi connectivity index (χ0v) is 11.7. The predicted molar refractivity (Wildman–Crippen MR) is 83.1 cm³/mol.